The average Bonchev–Trinajstić information content (AvgIpc) is 2.33. The molecular weight excluding hydrogens is 220 g/mol. The number of hydrogen-bond acceptors (Lipinski definition) is 1. The Morgan fingerprint density at radius 1 is 1.00 bits per heavy atom. The smallest absolute Gasteiger partial charge is 0.156 e. The molecule has 0 aromatic carbocycles. The summed E-state index contributed by atoms with van der Waals surface area (Å²) in [6, 6.07) is 0. The standard InChI is InChI=1S/C17H26O/c1-13-11-9-7-5-6-8-10-12-17(16(4)18)15(3)14(13)2/h9,11H,5-8,10,12H2,1-4H3/b11-9+,14-13-,17-15+. The lowest BCUT2D eigenvalue weighted by Crippen LogP contribution is -2.02. The maximum Gasteiger partial charge on any atom is 0.156 e. The average molecular weight is 246 g/mol. The van der Waals surface area contributed by atoms with Gasteiger partial charge in [0.15, 0.2) is 5.78 Å². The highest BCUT2D eigenvalue weighted by atomic mass is 16.1. The number of carbonyl (C=O) groups excluding carboxylic acids is 1. The van der Waals surface area contributed by atoms with Crippen LogP contribution in [0.4, 0.5) is 0 Å². The highest BCUT2D eigenvalue weighted by Gasteiger charge is 2.10. The molecule has 1 rings (SSSR count). The van der Waals surface area contributed by atoms with Crippen LogP contribution in [-0.4, -0.2) is 5.78 Å². The summed E-state index contributed by atoms with van der Waals surface area (Å²) in [6.07, 6.45) is 11.5. The van der Waals surface area contributed by atoms with Crippen molar-refractivity contribution in [1.82, 2.24) is 0 Å². The van der Waals surface area contributed by atoms with E-state index in [2.05, 4.69) is 32.9 Å². The van der Waals surface area contributed by atoms with Crippen molar-refractivity contribution in [1.29, 1.82) is 0 Å². The number of ketones is 1. The first-order valence-electron chi connectivity index (χ1n) is 7.09. The molecule has 0 heterocycles. The summed E-state index contributed by atoms with van der Waals surface area (Å²) >= 11 is 0. The lowest BCUT2D eigenvalue weighted by Gasteiger charge is -2.13. The van der Waals surface area contributed by atoms with Crippen LogP contribution in [0.5, 0.6) is 0 Å². The largest absolute Gasteiger partial charge is 0.295 e. The normalized spacial score (nSPS) is 29.3. The van der Waals surface area contributed by atoms with Crippen LogP contribution in [0.2, 0.25) is 0 Å². The van der Waals surface area contributed by atoms with E-state index in [1.165, 1.54) is 42.4 Å². The first-order chi connectivity index (χ1) is 8.54. The van der Waals surface area contributed by atoms with E-state index in [0.29, 0.717) is 0 Å². The molecule has 0 aliphatic heterocycles. The predicted octanol–water partition coefficient (Wildman–Crippen LogP) is 5.14. The number of carbonyl (C=O) groups is 1. The lowest BCUT2D eigenvalue weighted by molar-refractivity contribution is -0.113. The number of Topliss-reactive ketones (excluding diaryl/α,β-unsaturated/α-hetero) is 1. The van der Waals surface area contributed by atoms with E-state index < -0.39 is 0 Å². The molecule has 0 radical (unpaired) electrons. The summed E-state index contributed by atoms with van der Waals surface area (Å²) in [6.45, 7) is 8.06. The molecule has 0 unspecified atom stereocenters. The second-order valence-corrected chi connectivity index (χ2v) is 5.32. The highest BCUT2D eigenvalue weighted by molar-refractivity contribution is 5.94. The van der Waals surface area contributed by atoms with Crippen molar-refractivity contribution in [3.8, 4) is 0 Å². The van der Waals surface area contributed by atoms with E-state index >= 15 is 0 Å². The third-order valence-electron chi connectivity index (χ3n) is 3.95. The van der Waals surface area contributed by atoms with Gasteiger partial charge in [0, 0.05) is 0 Å². The van der Waals surface area contributed by atoms with Crippen LogP contribution in [0.25, 0.3) is 0 Å². The van der Waals surface area contributed by atoms with Gasteiger partial charge in [-0.25, -0.2) is 0 Å². The van der Waals surface area contributed by atoms with Gasteiger partial charge in [0.1, 0.15) is 0 Å². The van der Waals surface area contributed by atoms with Gasteiger partial charge in [0.2, 0.25) is 0 Å². The maximum absolute atomic E-state index is 11.8. The van der Waals surface area contributed by atoms with Crippen molar-refractivity contribution in [2.75, 3.05) is 0 Å². The molecule has 0 aromatic heterocycles. The van der Waals surface area contributed by atoms with Crippen molar-refractivity contribution < 1.29 is 4.79 Å². The van der Waals surface area contributed by atoms with E-state index in [1.807, 2.05) is 0 Å². The summed E-state index contributed by atoms with van der Waals surface area (Å²) in [4.78, 5) is 11.8. The number of rotatable bonds is 1. The fourth-order valence-corrected chi connectivity index (χ4v) is 2.45. The SMILES string of the molecule is CC(=O)/C1=C(C)/C(C)=C(C)\C=C\CCCCCC1. The van der Waals surface area contributed by atoms with Crippen molar-refractivity contribution in [2.24, 2.45) is 0 Å². The van der Waals surface area contributed by atoms with Gasteiger partial charge >= 0.3 is 0 Å². The van der Waals surface area contributed by atoms with Gasteiger partial charge in [-0.3, -0.25) is 4.79 Å². The Labute approximate surface area is 112 Å². The molecule has 18 heavy (non-hydrogen) atoms. The first kappa shape index (κ1) is 14.9. The molecule has 0 fully saturated rings. The van der Waals surface area contributed by atoms with Gasteiger partial charge in [-0.1, -0.05) is 25.0 Å². The first-order valence-corrected chi connectivity index (χ1v) is 7.09. The van der Waals surface area contributed by atoms with E-state index in [4.69, 9.17) is 0 Å². The Kier molecular flexibility index (Phi) is 6.11. The van der Waals surface area contributed by atoms with Gasteiger partial charge in [0.25, 0.3) is 0 Å². The van der Waals surface area contributed by atoms with Crippen molar-refractivity contribution >= 4 is 5.78 Å². The van der Waals surface area contributed by atoms with Gasteiger partial charge in [0.05, 0.1) is 0 Å². The Morgan fingerprint density at radius 3 is 2.33 bits per heavy atom. The summed E-state index contributed by atoms with van der Waals surface area (Å²) in [5, 5.41) is 0. The Morgan fingerprint density at radius 2 is 1.67 bits per heavy atom. The number of allylic oxidation sites excluding steroid dienone is 6. The van der Waals surface area contributed by atoms with Crippen molar-refractivity contribution in [3.63, 3.8) is 0 Å². The summed E-state index contributed by atoms with van der Waals surface area (Å²) in [5.41, 5.74) is 4.76. The lowest BCUT2D eigenvalue weighted by atomic mass is 9.92. The van der Waals surface area contributed by atoms with E-state index in [-0.39, 0.29) is 5.78 Å². The van der Waals surface area contributed by atoms with Crippen LogP contribution >= 0.6 is 0 Å². The minimum Gasteiger partial charge on any atom is -0.295 e. The van der Waals surface area contributed by atoms with E-state index in [1.54, 1.807) is 6.92 Å². The Balaban J connectivity index is 3.12. The van der Waals surface area contributed by atoms with Crippen molar-refractivity contribution in [3.05, 3.63) is 34.4 Å². The molecule has 1 aliphatic rings. The summed E-state index contributed by atoms with van der Waals surface area (Å²) < 4.78 is 0. The molecule has 1 heteroatoms. The van der Waals surface area contributed by atoms with Crippen LogP contribution in [0.3, 0.4) is 0 Å². The van der Waals surface area contributed by atoms with Gasteiger partial charge in [-0.15, -0.1) is 0 Å². The second kappa shape index (κ2) is 7.35. The predicted molar refractivity (Wildman–Crippen MR) is 78.6 cm³/mol. The monoisotopic (exact) mass is 246 g/mol. The zero-order valence-electron chi connectivity index (χ0n) is 12.3. The van der Waals surface area contributed by atoms with E-state index in [9.17, 15) is 4.79 Å². The molecule has 0 aromatic rings. The molecule has 1 nitrogen and oxygen atoms in total. The Bertz CT molecular complexity index is 394. The molecule has 0 atom stereocenters. The minimum absolute atomic E-state index is 0.237. The third-order valence-corrected chi connectivity index (χ3v) is 3.95. The molecule has 0 N–H and O–H groups in total. The minimum atomic E-state index is 0.237. The fraction of sp³-hybridized carbons (Fsp3) is 0.588. The van der Waals surface area contributed by atoms with Crippen LogP contribution in [0, 0.1) is 0 Å². The van der Waals surface area contributed by atoms with Crippen molar-refractivity contribution in [2.45, 2.75) is 66.2 Å². The van der Waals surface area contributed by atoms with Gasteiger partial charge in [-0.2, -0.15) is 0 Å². The molecule has 0 saturated carbocycles. The molecule has 0 saturated heterocycles. The topological polar surface area (TPSA) is 17.1 Å². The van der Waals surface area contributed by atoms with Gasteiger partial charge < -0.3 is 0 Å². The van der Waals surface area contributed by atoms with E-state index in [0.717, 1.165) is 18.4 Å². The zero-order valence-corrected chi connectivity index (χ0v) is 12.3. The summed E-state index contributed by atoms with van der Waals surface area (Å²) in [5.74, 6) is 0.237. The molecule has 1 aliphatic carbocycles. The molecular formula is C17H26O. The highest BCUT2D eigenvalue weighted by Crippen LogP contribution is 2.24. The third kappa shape index (κ3) is 4.29. The molecule has 0 amide bonds. The van der Waals surface area contributed by atoms with Gasteiger partial charge in [-0.05, 0) is 75.7 Å². The maximum atomic E-state index is 11.8. The summed E-state index contributed by atoms with van der Waals surface area (Å²) in [7, 11) is 0. The molecule has 0 bridgehead atoms. The van der Waals surface area contributed by atoms with Crippen LogP contribution in [0.15, 0.2) is 34.4 Å². The van der Waals surface area contributed by atoms with Crippen LogP contribution in [-0.2, 0) is 4.79 Å². The fourth-order valence-electron chi connectivity index (χ4n) is 2.45. The zero-order chi connectivity index (χ0) is 13.5. The van der Waals surface area contributed by atoms with Crippen LogP contribution in [0.1, 0.15) is 66.2 Å². The molecule has 100 valence electrons. The molecule has 0 spiro atoms. The second-order valence-electron chi connectivity index (χ2n) is 5.32. The quantitative estimate of drug-likeness (QED) is 0.626. The number of hydrogen-bond donors (Lipinski definition) is 0. The Hall–Kier alpha value is -1.11. The van der Waals surface area contributed by atoms with Crippen LogP contribution < -0.4 is 0 Å².